The summed E-state index contributed by atoms with van der Waals surface area (Å²) in [5.74, 6) is -0.710. The zero-order chi connectivity index (χ0) is 30.5. The number of benzene rings is 2. The fraction of sp³-hybridized carbons (Fsp3) is 0.464. The Hall–Kier alpha value is -3.31. The smallest absolute Gasteiger partial charge is 0.197 e. The lowest BCUT2D eigenvalue weighted by Gasteiger charge is -2.46. The number of phenolic OH excluding ortho intramolecular Hbond substituents is 2. The van der Waals surface area contributed by atoms with Crippen LogP contribution < -0.4 is 10.2 Å². The van der Waals surface area contributed by atoms with Crippen LogP contribution in [0.4, 0.5) is 0 Å². The molecular formula is C28H32O14. The third-order valence-corrected chi connectivity index (χ3v) is 7.63. The van der Waals surface area contributed by atoms with Crippen molar-refractivity contribution in [1.29, 1.82) is 0 Å². The maximum absolute atomic E-state index is 13.1. The van der Waals surface area contributed by atoms with Crippen LogP contribution in [0.2, 0.25) is 0 Å². The van der Waals surface area contributed by atoms with E-state index >= 15 is 0 Å². The number of phenols is 2. The van der Waals surface area contributed by atoms with Crippen molar-refractivity contribution in [2.45, 2.75) is 68.1 Å². The highest BCUT2D eigenvalue weighted by Gasteiger charge is 2.51. The maximum atomic E-state index is 13.1. The molecule has 0 bridgehead atoms. The number of hydrogen-bond donors (Lipinski definition) is 8. The normalized spacial score (nSPS) is 33.5. The Morgan fingerprint density at radius 1 is 0.881 bits per heavy atom. The van der Waals surface area contributed by atoms with Gasteiger partial charge in [-0.15, -0.1) is 0 Å². The SMILES string of the molecule is COc1ccc(-c2cc(=O)c3c(O)c(C4OC(CO)C(O)C(OC5OC(C)C(O)C(O)C5O)C4O)c(O)cc3o2)cc1. The first-order valence-corrected chi connectivity index (χ1v) is 13.1. The molecule has 1 aromatic heterocycles. The van der Waals surface area contributed by atoms with Gasteiger partial charge in [-0.05, 0) is 31.2 Å². The number of aliphatic hydroxyl groups is 6. The van der Waals surface area contributed by atoms with E-state index in [1.54, 1.807) is 24.3 Å². The number of rotatable bonds is 6. The zero-order valence-corrected chi connectivity index (χ0v) is 22.5. The van der Waals surface area contributed by atoms with E-state index < -0.39 is 90.3 Å². The molecule has 0 radical (unpaired) electrons. The molecule has 2 aliphatic rings. The van der Waals surface area contributed by atoms with E-state index in [1.807, 2.05) is 0 Å². The molecule has 0 saturated carbocycles. The van der Waals surface area contributed by atoms with E-state index in [1.165, 1.54) is 14.0 Å². The van der Waals surface area contributed by atoms with Crippen molar-refractivity contribution >= 4 is 11.0 Å². The molecule has 228 valence electrons. The summed E-state index contributed by atoms with van der Waals surface area (Å²) in [6.07, 6.45) is -15.9. The molecule has 42 heavy (non-hydrogen) atoms. The summed E-state index contributed by atoms with van der Waals surface area (Å²) < 4.78 is 27.6. The van der Waals surface area contributed by atoms with Crippen molar-refractivity contribution in [2.24, 2.45) is 0 Å². The average molecular weight is 593 g/mol. The van der Waals surface area contributed by atoms with Crippen molar-refractivity contribution in [3.05, 3.63) is 52.2 Å². The van der Waals surface area contributed by atoms with Gasteiger partial charge in [0.1, 0.15) is 82.8 Å². The van der Waals surface area contributed by atoms with Crippen molar-refractivity contribution in [3.8, 4) is 28.6 Å². The molecule has 5 rings (SSSR count). The first kappa shape index (κ1) is 30.2. The van der Waals surface area contributed by atoms with Crippen LogP contribution in [0.1, 0.15) is 18.6 Å². The predicted octanol–water partition coefficient (Wildman–Crippen LogP) is -0.754. The van der Waals surface area contributed by atoms with Gasteiger partial charge in [-0.2, -0.15) is 0 Å². The molecule has 2 aliphatic heterocycles. The highest BCUT2D eigenvalue weighted by Crippen LogP contribution is 2.45. The van der Waals surface area contributed by atoms with Gasteiger partial charge in [-0.25, -0.2) is 0 Å². The lowest BCUT2D eigenvalue weighted by Crippen LogP contribution is -2.62. The van der Waals surface area contributed by atoms with Gasteiger partial charge in [0.2, 0.25) is 0 Å². The summed E-state index contributed by atoms with van der Waals surface area (Å²) in [7, 11) is 1.50. The van der Waals surface area contributed by atoms with Crippen LogP contribution >= 0.6 is 0 Å². The third-order valence-electron chi connectivity index (χ3n) is 7.63. The van der Waals surface area contributed by atoms with E-state index in [0.717, 1.165) is 12.1 Å². The minimum atomic E-state index is -1.88. The second kappa shape index (κ2) is 11.8. The largest absolute Gasteiger partial charge is 0.507 e. The van der Waals surface area contributed by atoms with Crippen LogP contribution in [-0.2, 0) is 14.2 Å². The van der Waals surface area contributed by atoms with Crippen LogP contribution in [0.25, 0.3) is 22.3 Å². The number of hydrogen-bond acceptors (Lipinski definition) is 14. The molecule has 10 atom stereocenters. The molecule has 2 aromatic carbocycles. The lowest BCUT2D eigenvalue weighted by atomic mass is 9.89. The average Bonchev–Trinajstić information content (AvgIpc) is 2.97. The van der Waals surface area contributed by atoms with Crippen LogP contribution in [0.5, 0.6) is 17.2 Å². The van der Waals surface area contributed by atoms with Crippen molar-refractivity contribution < 1.29 is 64.2 Å². The van der Waals surface area contributed by atoms with Crippen LogP contribution in [0, 0.1) is 0 Å². The Morgan fingerprint density at radius 3 is 2.21 bits per heavy atom. The first-order valence-electron chi connectivity index (χ1n) is 13.1. The number of methoxy groups -OCH3 is 1. The maximum Gasteiger partial charge on any atom is 0.197 e. The van der Waals surface area contributed by atoms with Crippen molar-refractivity contribution in [1.82, 2.24) is 0 Å². The van der Waals surface area contributed by atoms with Crippen LogP contribution in [0.3, 0.4) is 0 Å². The second-order valence-electron chi connectivity index (χ2n) is 10.3. The summed E-state index contributed by atoms with van der Waals surface area (Å²) in [5, 5.41) is 84.1. The second-order valence-corrected chi connectivity index (χ2v) is 10.3. The Bertz CT molecular complexity index is 1470. The Kier molecular flexibility index (Phi) is 8.44. The summed E-state index contributed by atoms with van der Waals surface area (Å²) in [6, 6.07) is 8.80. The summed E-state index contributed by atoms with van der Waals surface area (Å²) in [5.41, 5.74) is -0.794. The standard InChI is InChI=1S/C28H32O14/c1-10-20(32)23(35)24(36)28(39-10)42-27-21(33)17(9-29)41-26(25(27)37)19-14(31)8-16-18(22(19)34)13(30)7-15(40-16)11-3-5-12(38-2)6-4-11/h3-8,10,17,20-21,23-29,31-37H,9H2,1-2H3. The van der Waals surface area contributed by atoms with Gasteiger partial charge in [-0.3, -0.25) is 4.79 Å². The molecule has 14 nitrogen and oxygen atoms in total. The summed E-state index contributed by atoms with van der Waals surface area (Å²) in [4.78, 5) is 13.1. The van der Waals surface area contributed by atoms with E-state index in [-0.39, 0.29) is 16.7 Å². The molecule has 3 aromatic rings. The van der Waals surface area contributed by atoms with Gasteiger partial charge in [0.15, 0.2) is 11.7 Å². The quantitative estimate of drug-likeness (QED) is 0.176. The molecule has 0 amide bonds. The van der Waals surface area contributed by atoms with Gasteiger partial charge in [0, 0.05) is 17.7 Å². The minimum absolute atomic E-state index is 0.139. The van der Waals surface area contributed by atoms with Gasteiger partial charge < -0.3 is 64.2 Å². The molecule has 2 fully saturated rings. The van der Waals surface area contributed by atoms with E-state index in [0.29, 0.717) is 11.3 Å². The van der Waals surface area contributed by atoms with E-state index in [2.05, 4.69) is 0 Å². The first-order chi connectivity index (χ1) is 20.0. The number of fused-ring (bicyclic) bond motifs is 1. The predicted molar refractivity (Wildman–Crippen MR) is 142 cm³/mol. The monoisotopic (exact) mass is 592 g/mol. The Morgan fingerprint density at radius 2 is 1.57 bits per heavy atom. The Labute approximate surface area is 238 Å². The Balaban J connectivity index is 1.52. The highest BCUT2D eigenvalue weighted by atomic mass is 16.7. The van der Waals surface area contributed by atoms with E-state index in [9.17, 15) is 45.6 Å². The fourth-order valence-electron chi connectivity index (χ4n) is 5.25. The molecule has 10 unspecified atom stereocenters. The van der Waals surface area contributed by atoms with Gasteiger partial charge in [-0.1, -0.05) is 0 Å². The highest BCUT2D eigenvalue weighted by molar-refractivity contribution is 5.88. The van der Waals surface area contributed by atoms with Crippen LogP contribution in [-0.4, -0.2) is 110 Å². The molecule has 2 saturated heterocycles. The van der Waals surface area contributed by atoms with Crippen molar-refractivity contribution in [3.63, 3.8) is 0 Å². The fourth-order valence-corrected chi connectivity index (χ4v) is 5.25. The summed E-state index contributed by atoms with van der Waals surface area (Å²) >= 11 is 0. The van der Waals surface area contributed by atoms with Gasteiger partial charge >= 0.3 is 0 Å². The molecule has 0 spiro atoms. The topological polar surface area (TPSA) is 229 Å². The van der Waals surface area contributed by atoms with Crippen molar-refractivity contribution in [2.75, 3.05) is 13.7 Å². The van der Waals surface area contributed by atoms with Gasteiger partial charge in [0.25, 0.3) is 0 Å². The molecular weight excluding hydrogens is 560 g/mol. The molecule has 8 N–H and O–H groups in total. The molecule has 14 heteroatoms. The summed E-state index contributed by atoms with van der Waals surface area (Å²) in [6.45, 7) is 0.613. The number of aromatic hydroxyl groups is 2. The third kappa shape index (κ3) is 5.21. The van der Waals surface area contributed by atoms with Gasteiger partial charge in [0.05, 0.1) is 25.4 Å². The minimum Gasteiger partial charge on any atom is -0.507 e. The molecule has 0 aliphatic carbocycles. The number of ether oxygens (including phenoxy) is 4. The van der Waals surface area contributed by atoms with E-state index in [4.69, 9.17) is 23.4 Å². The zero-order valence-electron chi connectivity index (χ0n) is 22.5. The molecule has 3 heterocycles. The lowest BCUT2D eigenvalue weighted by molar-refractivity contribution is -0.338. The van der Waals surface area contributed by atoms with Crippen LogP contribution in [0.15, 0.2) is 45.6 Å². The number of aliphatic hydroxyl groups excluding tert-OH is 6.